The number of hydrogen-bond donors (Lipinski definition) is 1. The number of nitrogens with zero attached hydrogens (tertiary/aromatic N) is 1. The quantitative estimate of drug-likeness (QED) is 0.638. The number of aldehydes is 1. The molecule has 5 nitrogen and oxygen atoms in total. The van der Waals surface area contributed by atoms with E-state index in [1.54, 1.807) is 24.3 Å². The second-order valence-electron chi connectivity index (χ2n) is 5.22. The Morgan fingerprint density at radius 3 is 1.95 bits per heavy atom. The summed E-state index contributed by atoms with van der Waals surface area (Å²) in [4.78, 5) is 37.0. The molecular formula is C16H19NO4. The van der Waals surface area contributed by atoms with Crippen molar-refractivity contribution in [3.8, 4) is 0 Å². The van der Waals surface area contributed by atoms with Crippen LogP contribution in [0.15, 0.2) is 24.3 Å². The van der Waals surface area contributed by atoms with Crippen molar-refractivity contribution in [1.29, 1.82) is 0 Å². The molecule has 0 bridgehead atoms. The molecule has 1 aromatic rings. The first-order valence-corrected chi connectivity index (χ1v) is 7.17. The minimum absolute atomic E-state index is 0.135. The highest BCUT2D eigenvalue weighted by Gasteiger charge is 2.43. The molecule has 1 aromatic carbocycles. The van der Waals surface area contributed by atoms with Crippen LogP contribution < -0.4 is 0 Å². The standard InChI is InChI=1S/C16H19NO4/c1-3-10(4-2)14(19)13(9-18)17-15(20)11-7-5-6-8-12(11)16(17)21/h5-10,13-14,19H,3-4H2,1-2H3/t13-,14+/m1/s1. The van der Waals surface area contributed by atoms with Gasteiger partial charge in [0.05, 0.1) is 17.2 Å². The number of imide groups is 1. The van der Waals surface area contributed by atoms with Crippen LogP contribution in [-0.4, -0.2) is 40.3 Å². The lowest BCUT2D eigenvalue weighted by molar-refractivity contribution is -0.115. The lowest BCUT2D eigenvalue weighted by atomic mass is 9.91. The molecule has 112 valence electrons. The van der Waals surface area contributed by atoms with Gasteiger partial charge in [0.15, 0.2) is 0 Å². The molecule has 2 rings (SSSR count). The number of amides is 2. The SMILES string of the molecule is CCC(CC)[C@H](O)[C@@H](C=O)N1C(=O)c2ccccc2C1=O. The van der Waals surface area contributed by atoms with Crippen molar-refractivity contribution in [3.63, 3.8) is 0 Å². The fourth-order valence-corrected chi connectivity index (χ4v) is 2.82. The molecular weight excluding hydrogens is 270 g/mol. The Balaban J connectivity index is 2.35. The third kappa shape index (κ3) is 2.49. The third-order valence-corrected chi connectivity index (χ3v) is 4.14. The van der Waals surface area contributed by atoms with Crippen LogP contribution in [0.4, 0.5) is 0 Å². The van der Waals surface area contributed by atoms with E-state index in [4.69, 9.17) is 0 Å². The molecule has 1 aliphatic rings. The average molecular weight is 289 g/mol. The smallest absolute Gasteiger partial charge is 0.262 e. The van der Waals surface area contributed by atoms with E-state index in [2.05, 4.69) is 0 Å². The summed E-state index contributed by atoms with van der Waals surface area (Å²) in [7, 11) is 0. The Kier molecular flexibility index (Phi) is 4.53. The van der Waals surface area contributed by atoms with E-state index < -0.39 is 24.0 Å². The molecule has 0 unspecified atom stereocenters. The van der Waals surface area contributed by atoms with Gasteiger partial charge in [-0.2, -0.15) is 0 Å². The first-order valence-electron chi connectivity index (χ1n) is 7.17. The van der Waals surface area contributed by atoms with Gasteiger partial charge in [-0.25, -0.2) is 0 Å². The molecule has 1 N–H and O–H groups in total. The number of carbonyl (C=O) groups is 3. The molecule has 1 aliphatic heterocycles. The second-order valence-corrected chi connectivity index (χ2v) is 5.22. The lowest BCUT2D eigenvalue weighted by Gasteiger charge is -2.30. The van der Waals surface area contributed by atoms with Gasteiger partial charge in [-0.1, -0.05) is 38.8 Å². The molecule has 5 heteroatoms. The van der Waals surface area contributed by atoms with Crippen LogP contribution in [0.25, 0.3) is 0 Å². The maximum atomic E-state index is 12.3. The summed E-state index contributed by atoms with van der Waals surface area (Å²) < 4.78 is 0. The van der Waals surface area contributed by atoms with Gasteiger partial charge in [0.1, 0.15) is 12.3 Å². The van der Waals surface area contributed by atoms with Crippen LogP contribution in [0.3, 0.4) is 0 Å². The predicted molar refractivity (Wildman–Crippen MR) is 76.9 cm³/mol. The molecule has 0 aromatic heterocycles. The van der Waals surface area contributed by atoms with Gasteiger partial charge in [-0.15, -0.1) is 0 Å². The molecule has 0 saturated carbocycles. The largest absolute Gasteiger partial charge is 0.390 e. The van der Waals surface area contributed by atoms with Crippen LogP contribution in [-0.2, 0) is 4.79 Å². The topological polar surface area (TPSA) is 74.7 Å². The number of carbonyl (C=O) groups excluding carboxylic acids is 3. The highest BCUT2D eigenvalue weighted by Crippen LogP contribution is 2.27. The number of aliphatic hydroxyl groups excluding tert-OH is 1. The van der Waals surface area contributed by atoms with E-state index in [1.807, 2.05) is 13.8 Å². The lowest BCUT2D eigenvalue weighted by Crippen LogP contribution is -2.50. The predicted octanol–water partition coefficient (Wildman–Crippen LogP) is 1.65. The Morgan fingerprint density at radius 2 is 1.57 bits per heavy atom. The summed E-state index contributed by atoms with van der Waals surface area (Å²) in [5.41, 5.74) is 0.567. The number of rotatable bonds is 6. The molecule has 0 spiro atoms. The molecule has 0 saturated heterocycles. The molecule has 21 heavy (non-hydrogen) atoms. The summed E-state index contributed by atoms with van der Waals surface area (Å²) in [6.45, 7) is 3.81. The van der Waals surface area contributed by atoms with Crippen molar-refractivity contribution in [2.75, 3.05) is 0 Å². The van der Waals surface area contributed by atoms with Crippen molar-refractivity contribution in [2.24, 2.45) is 5.92 Å². The molecule has 1 heterocycles. The number of hydrogen-bond acceptors (Lipinski definition) is 4. The Morgan fingerprint density at radius 1 is 1.10 bits per heavy atom. The summed E-state index contributed by atoms with van der Waals surface area (Å²) in [5, 5.41) is 10.4. The Bertz CT molecular complexity index is 530. The Labute approximate surface area is 123 Å². The van der Waals surface area contributed by atoms with Gasteiger partial charge in [-0.3, -0.25) is 14.5 Å². The average Bonchev–Trinajstić information content (AvgIpc) is 2.75. The fraction of sp³-hybridized carbons (Fsp3) is 0.438. The maximum absolute atomic E-state index is 12.3. The van der Waals surface area contributed by atoms with E-state index in [0.29, 0.717) is 19.1 Å². The monoisotopic (exact) mass is 289 g/mol. The van der Waals surface area contributed by atoms with Crippen LogP contribution in [0.5, 0.6) is 0 Å². The van der Waals surface area contributed by atoms with Crippen LogP contribution in [0.2, 0.25) is 0 Å². The van der Waals surface area contributed by atoms with Gasteiger partial charge in [0, 0.05) is 0 Å². The Hall–Kier alpha value is -2.01. The van der Waals surface area contributed by atoms with Crippen molar-refractivity contribution in [3.05, 3.63) is 35.4 Å². The minimum atomic E-state index is -1.14. The van der Waals surface area contributed by atoms with Crippen molar-refractivity contribution in [1.82, 2.24) is 4.90 Å². The van der Waals surface area contributed by atoms with Gasteiger partial charge in [0.2, 0.25) is 0 Å². The van der Waals surface area contributed by atoms with E-state index in [1.165, 1.54) is 0 Å². The van der Waals surface area contributed by atoms with Crippen LogP contribution >= 0.6 is 0 Å². The summed E-state index contributed by atoms with van der Waals surface area (Å²) >= 11 is 0. The zero-order valence-corrected chi connectivity index (χ0v) is 12.2. The summed E-state index contributed by atoms with van der Waals surface area (Å²) in [6.07, 6.45) is 0.792. The van der Waals surface area contributed by atoms with Crippen LogP contribution in [0, 0.1) is 5.92 Å². The molecule has 0 radical (unpaired) electrons. The van der Waals surface area contributed by atoms with Gasteiger partial charge in [0.25, 0.3) is 11.8 Å². The summed E-state index contributed by atoms with van der Waals surface area (Å²) in [6, 6.07) is 5.31. The number of fused-ring (bicyclic) bond motifs is 1. The van der Waals surface area contributed by atoms with E-state index in [-0.39, 0.29) is 17.0 Å². The van der Waals surface area contributed by atoms with E-state index >= 15 is 0 Å². The second kappa shape index (κ2) is 6.18. The fourth-order valence-electron chi connectivity index (χ4n) is 2.82. The van der Waals surface area contributed by atoms with Gasteiger partial charge in [-0.05, 0) is 18.1 Å². The van der Waals surface area contributed by atoms with Gasteiger partial charge >= 0.3 is 0 Å². The molecule has 0 aliphatic carbocycles. The zero-order chi connectivity index (χ0) is 15.6. The number of benzene rings is 1. The third-order valence-electron chi connectivity index (χ3n) is 4.14. The first-order chi connectivity index (χ1) is 10.1. The van der Waals surface area contributed by atoms with E-state index in [9.17, 15) is 19.5 Å². The van der Waals surface area contributed by atoms with Crippen molar-refractivity contribution >= 4 is 18.1 Å². The zero-order valence-electron chi connectivity index (χ0n) is 12.2. The normalized spacial score (nSPS) is 17.0. The maximum Gasteiger partial charge on any atom is 0.262 e. The minimum Gasteiger partial charge on any atom is -0.390 e. The summed E-state index contributed by atoms with van der Waals surface area (Å²) in [5.74, 6) is -1.17. The molecule has 0 fully saturated rings. The number of aliphatic hydroxyl groups is 1. The van der Waals surface area contributed by atoms with Crippen LogP contribution in [0.1, 0.15) is 47.4 Å². The van der Waals surface area contributed by atoms with E-state index in [0.717, 1.165) is 4.90 Å². The first kappa shape index (κ1) is 15.4. The highest BCUT2D eigenvalue weighted by atomic mass is 16.3. The van der Waals surface area contributed by atoms with Crippen molar-refractivity contribution < 1.29 is 19.5 Å². The van der Waals surface area contributed by atoms with Gasteiger partial charge < -0.3 is 9.90 Å². The highest BCUT2D eigenvalue weighted by molar-refractivity contribution is 6.22. The van der Waals surface area contributed by atoms with Crippen molar-refractivity contribution in [2.45, 2.75) is 38.8 Å². The molecule has 2 atom stereocenters. The molecule has 2 amide bonds.